The number of hydrogen-bond acceptors (Lipinski definition) is 3. The van der Waals surface area contributed by atoms with Crippen LogP contribution in [0.15, 0.2) is 0 Å². The van der Waals surface area contributed by atoms with Gasteiger partial charge in [-0.15, -0.1) is 0 Å². The van der Waals surface area contributed by atoms with Gasteiger partial charge < -0.3 is 10.8 Å². The summed E-state index contributed by atoms with van der Waals surface area (Å²) in [5.41, 5.74) is 6.33. The Labute approximate surface area is 112 Å². The third-order valence-corrected chi connectivity index (χ3v) is 4.90. The first-order chi connectivity index (χ1) is 8.81. The molecule has 0 radical (unpaired) electrons. The van der Waals surface area contributed by atoms with Crippen molar-refractivity contribution in [3.63, 3.8) is 0 Å². The van der Waals surface area contributed by atoms with Crippen LogP contribution in [0.25, 0.3) is 0 Å². The molecule has 0 bridgehead atoms. The highest BCUT2D eigenvalue weighted by Gasteiger charge is 2.27. The summed E-state index contributed by atoms with van der Waals surface area (Å²) in [7, 11) is 0. The van der Waals surface area contributed by atoms with Crippen LogP contribution in [-0.4, -0.2) is 41.8 Å². The number of aliphatic hydroxyl groups is 1. The van der Waals surface area contributed by atoms with Crippen LogP contribution in [0.5, 0.6) is 0 Å². The van der Waals surface area contributed by atoms with E-state index in [9.17, 15) is 5.11 Å². The smallest absolute Gasteiger partial charge is 0.0586 e. The van der Waals surface area contributed by atoms with Crippen molar-refractivity contribution in [1.29, 1.82) is 0 Å². The van der Waals surface area contributed by atoms with Gasteiger partial charge in [0.25, 0.3) is 0 Å². The van der Waals surface area contributed by atoms with E-state index >= 15 is 0 Å². The second-order valence-electron chi connectivity index (χ2n) is 6.24. The molecule has 0 amide bonds. The Morgan fingerprint density at radius 2 is 1.67 bits per heavy atom. The molecular formula is C15H30N2O. The molecule has 2 rings (SSSR count). The second kappa shape index (κ2) is 7.46. The maximum atomic E-state index is 9.56. The lowest BCUT2D eigenvalue weighted by Crippen LogP contribution is -2.44. The van der Waals surface area contributed by atoms with Gasteiger partial charge in [-0.05, 0) is 38.1 Å². The minimum absolute atomic E-state index is 0.321. The molecule has 3 nitrogen and oxygen atoms in total. The molecule has 0 aromatic carbocycles. The van der Waals surface area contributed by atoms with Gasteiger partial charge in [0.15, 0.2) is 0 Å². The van der Waals surface area contributed by atoms with E-state index in [-0.39, 0.29) is 0 Å². The Bertz CT molecular complexity index is 235. The first-order valence-corrected chi connectivity index (χ1v) is 7.91. The lowest BCUT2D eigenvalue weighted by Gasteiger charge is -2.33. The van der Waals surface area contributed by atoms with Gasteiger partial charge in [-0.25, -0.2) is 0 Å². The zero-order valence-corrected chi connectivity index (χ0v) is 11.7. The molecule has 0 aromatic rings. The van der Waals surface area contributed by atoms with E-state index in [1.54, 1.807) is 0 Å². The van der Waals surface area contributed by atoms with Gasteiger partial charge >= 0.3 is 0 Å². The Morgan fingerprint density at radius 3 is 2.50 bits per heavy atom. The number of aliphatic hydroxyl groups excluding tert-OH is 1. The summed E-state index contributed by atoms with van der Waals surface area (Å²) in [5.74, 6) is 0.652. The molecule has 106 valence electrons. The Hall–Kier alpha value is -0.120. The van der Waals surface area contributed by atoms with E-state index in [1.807, 2.05) is 0 Å². The second-order valence-corrected chi connectivity index (χ2v) is 6.24. The highest BCUT2D eigenvalue weighted by Crippen LogP contribution is 2.25. The number of nitrogens with two attached hydrogens (primary N) is 1. The first-order valence-electron chi connectivity index (χ1n) is 7.91. The van der Waals surface area contributed by atoms with Crippen LogP contribution in [0.3, 0.4) is 0 Å². The zero-order chi connectivity index (χ0) is 12.8. The summed E-state index contributed by atoms with van der Waals surface area (Å²) in [6.07, 6.45) is 11.5. The summed E-state index contributed by atoms with van der Waals surface area (Å²) in [4.78, 5) is 2.53. The predicted molar refractivity (Wildman–Crippen MR) is 75.5 cm³/mol. The van der Waals surface area contributed by atoms with Crippen LogP contribution in [-0.2, 0) is 0 Å². The zero-order valence-electron chi connectivity index (χ0n) is 11.7. The maximum Gasteiger partial charge on any atom is 0.0586 e. The van der Waals surface area contributed by atoms with Gasteiger partial charge in [-0.3, -0.25) is 4.90 Å². The number of nitrogens with zero attached hydrogens (tertiary/aromatic N) is 1. The normalized spacial score (nSPS) is 36.0. The number of likely N-dealkylation sites (tertiary alicyclic amines) is 1. The molecule has 3 atom stereocenters. The molecular weight excluding hydrogens is 224 g/mol. The largest absolute Gasteiger partial charge is 0.395 e. The highest BCUT2D eigenvalue weighted by atomic mass is 16.3. The maximum absolute atomic E-state index is 9.56. The minimum atomic E-state index is 0.321. The van der Waals surface area contributed by atoms with Crippen molar-refractivity contribution in [3.05, 3.63) is 0 Å². The fourth-order valence-corrected chi connectivity index (χ4v) is 3.62. The van der Waals surface area contributed by atoms with Crippen molar-refractivity contribution in [3.8, 4) is 0 Å². The molecule has 1 aliphatic carbocycles. The molecule has 1 heterocycles. The van der Waals surface area contributed by atoms with Gasteiger partial charge in [-0.2, -0.15) is 0 Å². The van der Waals surface area contributed by atoms with Gasteiger partial charge in [0.2, 0.25) is 0 Å². The first kappa shape index (κ1) is 14.3. The molecule has 18 heavy (non-hydrogen) atoms. The van der Waals surface area contributed by atoms with Crippen molar-refractivity contribution in [1.82, 2.24) is 4.90 Å². The Balaban J connectivity index is 1.91. The molecule has 0 spiro atoms. The molecule has 3 heteroatoms. The van der Waals surface area contributed by atoms with Gasteiger partial charge in [0.1, 0.15) is 0 Å². The van der Waals surface area contributed by atoms with Gasteiger partial charge in [0, 0.05) is 18.6 Å². The molecule has 2 aliphatic rings. The molecule has 3 unspecified atom stereocenters. The van der Waals surface area contributed by atoms with E-state index in [1.165, 1.54) is 57.8 Å². The average Bonchev–Trinajstić information content (AvgIpc) is 2.71. The minimum Gasteiger partial charge on any atom is -0.395 e. The van der Waals surface area contributed by atoms with Crippen LogP contribution in [0.4, 0.5) is 0 Å². The van der Waals surface area contributed by atoms with Crippen molar-refractivity contribution >= 4 is 0 Å². The average molecular weight is 254 g/mol. The Kier molecular flexibility index (Phi) is 5.93. The number of hydrogen-bond donors (Lipinski definition) is 2. The van der Waals surface area contributed by atoms with Crippen LogP contribution in [0, 0.1) is 5.92 Å². The molecule has 1 saturated carbocycles. The number of rotatable bonds is 3. The van der Waals surface area contributed by atoms with Crippen molar-refractivity contribution < 1.29 is 5.11 Å². The molecule has 2 fully saturated rings. The topological polar surface area (TPSA) is 49.5 Å². The summed E-state index contributed by atoms with van der Waals surface area (Å²) in [5, 5.41) is 9.56. The van der Waals surface area contributed by atoms with Gasteiger partial charge in [-0.1, -0.05) is 32.1 Å². The summed E-state index contributed by atoms with van der Waals surface area (Å²) in [6.45, 7) is 2.60. The third kappa shape index (κ3) is 3.94. The van der Waals surface area contributed by atoms with Gasteiger partial charge in [0.05, 0.1) is 6.61 Å². The van der Waals surface area contributed by atoms with Crippen LogP contribution >= 0.6 is 0 Å². The SMILES string of the molecule is NC1CCCCCC1CN1CCCCCC1CO. The van der Waals surface area contributed by atoms with E-state index in [0.29, 0.717) is 24.6 Å². The third-order valence-electron chi connectivity index (χ3n) is 4.90. The molecule has 0 aromatic heterocycles. The van der Waals surface area contributed by atoms with E-state index in [0.717, 1.165) is 13.1 Å². The van der Waals surface area contributed by atoms with Crippen LogP contribution < -0.4 is 5.73 Å². The fraction of sp³-hybridized carbons (Fsp3) is 1.00. The van der Waals surface area contributed by atoms with Crippen molar-refractivity contribution in [2.45, 2.75) is 69.9 Å². The van der Waals surface area contributed by atoms with Crippen molar-refractivity contribution in [2.24, 2.45) is 11.7 Å². The summed E-state index contributed by atoms with van der Waals surface area (Å²) >= 11 is 0. The standard InChI is InChI=1S/C15H30N2O/c16-15-9-5-1-3-7-13(15)11-17-10-6-2-4-8-14(17)12-18/h13-15,18H,1-12,16H2. The lowest BCUT2D eigenvalue weighted by molar-refractivity contribution is 0.101. The molecule has 1 aliphatic heterocycles. The van der Waals surface area contributed by atoms with E-state index in [4.69, 9.17) is 5.73 Å². The lowest BCUT2D eigenvalue weighted by atomic mass is 9.94. The van der Waals surface area contributed by atoms with E-state index < -0.39 is 0 Å². The quantitative estimate of drug-likeness (QED) is 0.759. The monoisotopic (exact) mass is 254 g/mol. The molecule has 1 saturated heterocycles. The van der Waals surface area contributed by atoms with Crippen LogP contribution in [0.1, 0.15) is 57.8 Å². The molecule has 3 N–H and O–H groups in total. The van der Waals surface area contributed by atoms with E-state index in [2.05, 4.69) is 4.90 Å². The van der Waals surface area contributed by atoms with Crippen LogP contribution in [0.2, 0.25) is 0 Å². The summed E-state index contributed by atoms with van der Waals surface area (Å²) in [6, 6.07) is 0.776. The predicted octanol–water partition coefficient (Wildman–Crippen LogP) is 2.13. The Morgan fingerprint density at radius 1 is 0.944 bits per heavy atom. The van der Waals surface area contributed by atoms with Crippen molar-refractivity contribution in [2.75, 3.05) is 19.7 Å². The summed E-state index contributed by atoms with van der Waals surface area (Å²) < 4.78 is 0. The fourth-order valence-electron chi connectivity index (χ4n) is 3.62. The highest BCUT2D eigenvalue weighted by molar-refractivity contribution is 4.83.